The number of carbonyl (C=O) groups excluding carboxylic acids is 1. The fourth-order valence-corrected chi connectivity index (χ4v) is 1.26. The molecule has 0 heterocycles. The van der Waals surface area contributed by atoms with Crippen LogP contribution in [0.5, 0.6) is 5.75 Å². The van der Waals surface area contributed by atoms with Crippen LogP contribution in [0.3, 0.4) is 0 Å². The Labute approximate surface area is 109 Å². The van der Waals surface area contributed by atoms with Gasteiger partial charge in [-0.05, 0) is 19.1 Å². The van der Waals surface area contributed by atoms with Crippen LogP contribution in [0.15, 0.2) is 24.3 Å². The van der Waals surface area contributed by atoms with E-state index >= 15 is 0 Å². The van der Waals surface area contributed by atoms with Gasteiger partial charge < -0.3 is 10.5 Å². The van der Waals surface area contributed by atoms with Crippen molar-refractivity contribution in [3.63, 3.8) is 0 Å². The second-order valence-corrected chi connectivity index (χ2v) is 4.10. The molecule has 0 bridgehead atoms. The molecule has 0 saturated carbocycles. The number of ketones is 1. The molecule has 0 aliphatic heterocycles. The number of benzene rings is 1. The monoisotopic (exact) mass is 301 g/mol. The number of Topliss-reactive ketones (excluding diaryl/α,β-unsaturated/α-hetero) is 1. The maximum atomic E-state index is 12.6. The average Bonchev–Trinajstić information content (AvgIpc) is 2.24. The first kappa shape index (κ1) is 16.3. The number of rotatable bonds is 3. The maximum absolute atomic E-state index is 12.6. The van der Waals surface area contributed by atoms with Crippen molar-refractivity contribution in [2.75, 3.05) is 0 Å². The van der Waals surface area contributed by atoms with E-state index in [4.69, 9.17) is 5.73 Å². The zero-order valence-electron chi connectivity index (χ0n) is 9.97. The molecule has 3 nitrogen and oxygen atoms in total. The first-order valence-corrected chi connectivity index (χ1v) is 5.11. The number of hydrogen-bond donors (Lipinski definition) is 1. The molecule has 0 fully saturated rings. The van der Waals surface area contributed by atoms with Gasteiger partial charge in [-0.2, -0.15) is 13.2 Å². The summed E-state index contributed by atoms with van der Waals surface area (Å²) in [5.74, 6) is -2.36. The van der Waals surface area contributed by atoms with Crippen LogP contribution in [0.1, 0.15) is 17.3 Å². The predicted molar refractivity (Wildman–Crippen MR) is 56.1 cm³/mol. The van der Waals surface area contributed by atoms with Crippen molar-refractivity contribution < 1.29 is 35.9 Å². The van der Waals surface area contributed by atoms with E-state index in [1.165, 1.54) is 0 Å². The summed E-state index contributed by atoms with van der Waals surface area (Å²) in [5.41, 5.74) is 1.07. The van der Waals surface area contributed by atoms with E-state index in [-0.39, 0.29) is 0 Å². The molecule has 0 aliphatic carbocycles. The van der Waals surface area contributed by atoms with Gasteiger partial charge in [-0.15, -0.1) is 13.2 Å². The third-order valence-corrected chi connectivity index (χ3v) is 2.39. The Morgan fingerprint density at radius 1 is 1.15 bits per heavy atom. The van der Waals surface area contributed by atoms with Crippen molar-refractivity contribution in [2.24, 2.45) is 5.73 Å². The van der Waals surface area contributed by atoms with Gasteiger partial charge in [0.1, 0.15) is 5.75 Å². The SMILES string of the molecule is CC(N)(C(=O)c1cccc(OC(F)(F)F)c1)C(F)(F)F. The molecule has 112 valence electrons. The minimum Gasteiger partial charge on any atom is -0.406 e. The molecule has 1 aromatic carbocycles. The van der Waals surface area contributed by atoms with Gasteiger partial charge in [-0.25, -0.2) is 0 Å². The molecule has 0 spiro atoms. The summed E-state index contributed by atoms with van der Waals surface area (Å²) in [6, 6.07) is 3.28. The first-order valence-electron chi connectivity index (χ1n) is 5.11. The molecule has 0 radical (unpaired) electrons. The smallest absolute Gasteiger partial charge is 0.406 e. The van der Waals surface area contributed by atoms with Crippen LogP contribution >= 0.6 is 0 Å². The Hall–Kier alpha value is -1.77. The lowest BCUT2D eigenvalue weighted by molar-refractivity contribution is -0.274. The van der Waals surface area contributed by atoms with Crippen molar-refractivity contribution in [2.45, 2.75) is 25.0 Å². The molecule has 20 heavy (non-hydrogen) atoms. The molecule has 0 aromatic heterocycles. The van der Waals surface area contributed by atoms with E-state index < -0.39 is 35.2 Å². The Bertz CT molecular complexity index is 506. The van der Waals surface area contributed by atoms with Crippen molar-refractivity contribution in [1.82, 2.24) is 0 Å². The van der Waals surface area contributed by atoms with Gasteiger partial charge in [-0.1, -0.05) is 12.1 Å². The van der Waals surface area contributed by atoms with Crippen LogP contribution < -0.4 is 10.5 Å². The van der Waals surface area contributed by atoms with Crippen LogP contribution in [0.25, 0.3) is 0 Å². The normalized spacial score (nSPS) is 15.6. The average molecular weight is 301 g/mol. The lowest BCUT2D eigenvalue weighted by atomic mass is 9.91. The number of carbonyl (C=O) groups is 1. The number of ether oxygens (including phenoxy) is 1. The van der Waals surface area contributed by atoms with Gasteiger partial charge in [0, 0.05) is 5.56 Å². The quantitative estimate of drug-likeness (QED) is 0.689. The van der Waals surface area contributed by atoms with Crippen LogP contribution in [0, 0.1) is 0 Å². The van der Waals surface area contributed by atoms with Gasteiger partial charge in [0.05, 0.1) is 0 Å². The number of hydrogen-bond acceptors (Lipinski definition) is 3. The standard InChI is InChI=1S/C11H9F6NO2/c1-9(18,10(12,13)14)8(19)6-3-2-4-7(5-6)20-11(15,16)17/h2-5H,18H2,1H3. The van der Waals surface area contributed by atoms with E-state index in [1.54, 1.807) is 0 Å². The minimum atomic E-state index is -5.04. The minimum absolute atomic E-state index is 0.437. The molecule has 1 atom stereocenters. The van der Waals surface area contributed by atoms with E-state index in [9.17, 15) is 31.1 Å². The molecule has 0 amide bonds. The van der Waals surface area contributed by atoms with E-state index in [2.05, 4.69) is 4.74 Å². The Kier molecular flexibility index (Phi) is 4.04. The maximum Gasteiger partial charge on any atom is 0.573 e. The van der Waals surface area contributed by atoms with Gasteiger partial charge in [0.15, 0.2) is 11.3 Å². The summed E-state index contributed by atoms with van der Waals surface area (Å²) in [4.78, 5) is 11.6. The highest BCUT2D eigenvalue weighted by Crippen LogP contribution is 2.32. The van der Waals surface area contributed by atoms with Crippen molar-refractivity contribution in [1.29, 1.82) is 0 Å². The molecular weight excluding hydrogens is 292 g/mol. The topological polar surface area (TPSA) is 52.3 Å². The number of halogens is 6. The van der Waals surface area contributed by atoms with E-state index in [0.717, 1.165) is 18.2 Å². The molecule has 2 N–H and O–H groups in total. The Balaban J connectivity index is 3.10. The summed E-state index contributed by atoms with van der Waals surface area (Å²) in [6.45, 7) is 0.437. The summed E-state index contributed by atoms with van der Waals surface area (Å²) >= 11 is 0. The largest absolute Gasteiger partial charge is 0.573 e. The molecule has 1 rings (SSSR count). The summed E-state index contributed by atoms with van der Waals surface area (Å²) in [6.07, 6.45) is -10.1. The zero-order chi connectivity index (χ0) is 15.8. The fourth-order valence-electron chi connectivity index (χ4n) is 1.26. The summed E-state index contributed by atoms with van der Waals surface area (Å²) in [7, 11) is 0. The summed E-state index contributed by atoms with van der Waals surface area (Å²) in [5, 5.41) is 0. The number of alkyl halides is 6. The zero-order valence-corrected chi connectivity index (χ0v) is 9.97. The highest BCUT2D eigenvalue weighted by Gasteiger charge is 2.53. The Morgan fingerprint density at radius 2 is 1.70 bits per heavy atom. The van der Waals surface area contributed by atoms with Crippen LogP contribution in [0.4, 0.5) is 26.3 Å². The Morgan fingerprint density at radius 3 is 2.15 bits per heavy atom. The lowest BCUT2D eigenvalue weighted by Crippen LogP contribution is -2.57. The second-order valence-electron chi connectivity index (χ2n) is 4.10. The molecule has 1 unspecified atom stereocenters. The van der Waals surface area contributed by atoms with Crippen LogP contribution in [-0.4, -0.2) is 23.9 Å². The fraction of sp³-hybridized carbons (Fsp3) is 0.364. The highest BCUT2D eigenvalue weighted by molar-refractivity contribution is 6.03. The molecule has 9 heteroatoms. The molecular formula is C11H9F6NO2. The lowest BCUT2D eigenvalue weighted by Gasteiger charge is -2.26. The summed E-state index contributed by atoms with van der Waals surface area (Å²) < 4.78 is 77.2. The van der Waals surface area contributed by atoms with Gasteiger partial charge in [0.2, 0.25) is 0 Å². The van der Waals surface area contributed by atoms with Gasteiger partial charge in [0.25, 0.3) is 0 Å². The van der Waals surface area contributed by atoms with Crippen LogP contribution in [0.2, 0.25) is 0 Å². The van der Waals surface area contributed by atoms with Gasteiger partial charge >= 0.3 is 12.5 Å². The molecule has 0 saturated heterocycles. The second kappa shape index (κ2) is 4.97. The number of nitrogens with two attached hydrogens (primary N) is 1. The van der Waals surface area contributed by atoms with Crippen LogP contribution in [-0.2, 0) is 0 Å². The van der Waals surface area contributed by atoms with E-state index in [0.29, 0.717) is 13.0 Å². The van der Waals surface area contributed by atoms with Crippen molar-refractivity contribution in [3.8, 4) is 5.75 Å². The molecule has 0 aliphatic rings. The van der Waals surface area contributed by atoms with Gasteiger partial charge in [-0.3, -0.25) is 4.79 Å². The first-order chi connectivity index (χ1) is 8.84. The van der Waals surface area contributed by atoms with Crippen molar-refractivity contribution in [3.05, 3.63) is 29.8 Å². The van der Waals surface area contributed by atoms with E-state index in [1.807, 2.05) is 0 Å². The third-order valence-electron chi connectivity index (χ3n) is 2.39. The molecule has 1 aromatic rings. The third kappa shape index (κ3) is 3.62. The highest BCUT2D eigenvalue weighted by atomic mass is 19.4. The predicted octanol–water partition coefficient (Wildman–Crippen LogP) is 3.05. The van der Waals surface area contributed by atoms with Crippen molar-refractivity contribution >= 4 is 5.78 Å².